The number of aliphatic hydroxyl groups excluding tert-OH is 8. The maximum absolute atomic E-state index is 12.9. The van der Waals surface area contributed by atoms with E-state index in [9.17, 15) is 69.6 Å². The van der Waals surface area contributed by atoms with Gasteiger partial charge < -0.3 is 91.7 Å². The highest BCUT2D eigenvalue weighted by molar-refractivity contribution is 5.90. The zero-order chi connectivity index (χ0) is 38.5. The van der Waals surface area contributed by atoms with Crippen LogP contribution in [-0.2, 0) is 47.7 Å². The van der Waals surface area contributed by atoms with Gasteiger partial charge in [-0.15, -0.1) is 0 Å². The number of amides is 6. The smallest absolute Gasteiger partial charge is 0.246 e. The summed E-state index contributed by atoms with van der Waals surface area (Å²) in [5.74, 6) is -4.84. The van der Waals surface area contributed by atoms with Gasteiger partial charge in [-0.2, -0.15) is 0 Å². The molecular formula is C28H46N6O18. The molecule has 296 valence electrons. The van der Waals surface area contributed by atoms with E-state index >= 15 is 0 Å². The molecule has 0 unspecified atom stereocenters. The van der Waals surface area contributed by atoms with Crippen molar-refractivity contribution in [2.75, 3.05) is 52.6 Å². The standard InChI is InChI=1S/C28H46N6O18/c35-7-13-19(41)21(43)23(45)27(51-13)49-9-17(39)33-11-5-31-15(37)1-3-29-25(47)12(6-32-16(38)2-4-30-26(11)48)34-18(40)10-50-28-24(46)22(44)20(42)14(8-36)52-28/h11-14,19-24,27-28,35-36,41-46H,1-10H2,(H,29,47)(H,30,48)(H,31,37)(H,32,38)(H,33,39)(H,34,40)/t11-,12-,13+,14+,19+,20+,21-,22-,23-,24+,27-,28+/m0/s1. The molecule has 3 aliphatic rings. The minimum atomic E-state index is -1.78. The van der Waals surface area contributed by atoms with Crippen LogP contribution in [0.2, 0.25) is 0 Å². The van der Waals surface area contributed by atoms with Gasteiger partial charge in [0.25, 0.3) is 0 Å². The van der Waals surface area contributed by atoms with E-state index < -0.39 is 148 Å². The third kappa shape index (κ3) is 12.2. The minimum Gasteiger partial charge on any atom is -0.394 e. The van der Waals surface area contributed by atoms with Crippen molar-refractivity contribution >= 4 is 35.4 Å². The fraction of sp³-hybridized carbons (Fsp3) is 0.786. The first-order chi connectivity index (χ1) is 24.7. The predicted octanol–water partition coefficient (Wildman–Crippen LogP) is -10.2. The summed E-state index contributed by atoms with van der Waals surface area (Å²) in [4.78, 5) is 75.9. The summed E-state index contributed by atoms with van der Waals surface area (Å²) in [5, 5.41) is 92.5. The van der Waals surface area contributed by atoms with Crippen molar-refractivity contribution in [3.05, 3.63) is 0 Å². The average Bonchev–Trinajstić information content (AvgIpc) is 3.11. The average molecular weight is 755 g/mol. The van der Waals surface area contributed by atoms with Crippen LogP contribution < -0.4 is 31.9 Å². The molecule has 6 amide bonds. The summed E-state index contributed by atoms with van der Waals surface area (Å²) < 4.78 is 20.6. The number of carbonyl (C=O) groups excluding carboxylic acids is 6. The van der Waals surface area contributed by atoms with Crippen LogP contribution in [0.1, 0.15) is 12.8 Å². The maximum Gasteiger partial charge on any atom is 0.246 e. The van der Waals surface area contributed by atoms with Crippen LogP contribution >= 0.6 is 0 Å². The number of rotatable bonds is 10. The number of ether oxygens (including phenoxy) is 4. The van der Waals surface area contributed by atoms with Crippen molar-refractivity contribution in [2.24, 2.45) is 0 Å². The van der Waals surface area contributed by atoms with Crippen molar-refractivity contribution < 1.29 is 88.6 Å². The lowest BCUT2D eigenvalue weighted by Gasteiger charge is -2.39. The first-order valence-electron chi connectivity index (χ1n) is 16.2. The number of hydrogen-bond donors (Lipinski definition) is 14. The van der Waals surface area contributed by atoms with Crippen LogP contribution in [0.5, 0.6) is 0 Å². The van der Waals surface area contributed by atoms with Crippen molar-refractivity contribution in [3.8, 4) is 0 Å². The topological polar surface area (TPSA) is 373 Å². The zero-order valence-corrected chi connectivity index (χ0v) is 27.7. The summed E-state index contributed by atoms with van der Waals surface area (Å²) in [6.45, 7) is -4.58. The number of carbonyl (C=O) groups is 6. The van der Waals surface area contributed by atoms with Gasteiger partial charge in [-0.25, -0.2) is 0 Å². The highest BCUT2D eigenvalue weighted by Gasteiger charge is 2.45. The highest BCUT2D eigenvalue weighted by atomic mass is 16.7. The summed E-state index contributed by atoms with van der Waals surface area (Å²) in [5.41, 5.74) is 0. The molecule has 52 heavy (non-hydrogen) atoms. The molecule has 0 bridgehead atoms. The molecule has 0 aromatic carbocycles. The van der Waals surface area contributed by atoms with Crippen LogP contribution in [0.25, 0.3) is 0 Å². The molecule has 3 aliphatic heterocycles. The second-order valence-corrected chi connectivity index (χ2v) is 11.9. The molecule has 0 spiro atoms. The second-order valence-electron chi connectivity index (χ2n) is 11.9. The lowest BCUT2D eigenvalue weighted by molar-refractivity contribution is -0.299. The molecule has 3 fully saturated rings. The predicted molar refractivity (Wildman–Crippen MR) is 165 cm³/mol. The van der Waals surface area contributed by atoms with Gasteiger partial charge in [0.2, 0.25) is 35.4 Å². The molecule has 12 atom stereocenters. The SMILES string of the molecule is O=C1CCNC(=O)[C@@H](NC(=O)CO[C@@H]2O[C@H](CO)[C@@H](O)[C@H](O)[C@H]2O)CNC(=O)CCNC(=O)[C@@H](NC(=O)CO[C@H]2O[C@H](CO)[C@@H](O)[C@H](O)[C@@H]2O)CN1. The molecule has 3 heterocycles. The summed E-state index contributed by atoms with van der Waals surface area (Å²) in [6, 6.07) is -2.80. The van der Waals surface area contributed by atoms with Crippen molar-refractivity contribution in [3.63, 3.8) is 0 Å². The highest BCUT2D eigenvalue weighted by Crippen LogP contribution is 2.23. The molecular weight excluding hydrogens is 708 g/mol. The first kappa shape index (κ1) is 42.8. The Morgan fingerprint density at radius 1 is 0.596 bits per heavy atom. The van der Waals surface area contributed by atoms with E-state index in [0.29, 0.717) is 0 Å². The largest absolute Gasteiger partial charge is 0.394 e. The Hall–Kier alpha value is -3.66. The Bertz CT molecular complexity index is 1150. The Morgan fingerprint density at radius 3 is 1.31 bits per heavy atom. The van der Waals surface area contributed by atoms with Crippen LogP contribution in [-0.4, -0.2) is 202 Å². The van der Waals surface area contributed by atoms with Crippen molar-refractivity contribution in [1.82, 2.24) is 31.9 Å². The van der Waals surface area contributed by atoms with E-state index in [4.69, 9.17) is 18.9 Å². The third-order valence-corrected chi connectivity index (χ3v) is 8.07. The summed E-state index contributed by atoms with van der Waals surface area (Å²) >= 11 is 0. The zero-order valence-electron chi connectivity index (χ0n) is 27.7. The molecule has 24 heteroatoms. The van der Waals surface area contributed by atoms with Gasteiger partial charge in [0, 0.05) is 39.0 Å². The fourth-order valence-electron chi connectivity index (χ4n) is 5.07. The monoisotopic (exact) mass is 754 g/mol. The van der Waals surface area contributed by atoms with Crippen LogP contribution in [0.4, 0.5) is 0 Å². The Labute approximate surface area is 295 Å². The van der Waals surface area contributed by atoms with Crippen LogP contribution in [0.15, 0.2) is 0 Å². The molecule has 14 N–H and O–H groups in total. The summed E-state index contributed by atoms with van der Waals surface area (Å²) in [7, 11) is 0. The van der Waals surface area contributed by atoms with Crippen LogP contribution in [0.3, 0.4) is 0 Å². The van der Waals surface area contributed by atoms with Gasteiger partial charge >= 0.3 is 0 Å². The van der Waals surface area contributed by atoms with Crippen molar-refractivity contribution in [2.45, 2.75) is 86.3 Å². The first-order valence-corrected chi connectivity index (χ1v) is 16.2. The third-order valence-electron chi connectivity index (χ3n) is 8.07. The van der Waals surface area contributed by atoms with Gasteiger partial charge in [0.1, 0.15) is 74.1 Å². The molecule has 0 aliphatic carbocycles. The molecule has 0 saturated carbocycles. The maximum atomic E-state index is 12.9. The fourth-order valence-corrected chi connectivity index (χ4v) is 5.07. The van der Waals surface area contributed by atoms with E-state index in [1.165, 1.54) is 0 Å². The van der Waals surface area contributed by atoms with Gasteiger partial charge in [0.05, 0.1) is 13.2 Å². The number of nitrogens with one attached hydrogen (secondary N) is 6. The molecule has 0 radical (unpaired) electrons. The van der Waals surface area contributed by atoms with Gasteiger partial charge in [-0.1, -0.05) is 0 Å². The van der Waals surface area contributed by atoms with E-state index in [1.807, 2.05) is 0 Å². The molecule has 3 saturated heterocycles. The Kier molecular flexibility index (Phi) is 16.9. The second kappa shape index (κ2) is 20.5. The Morgan fingerprint density at radius 2 is 0.962 bits per heavy atom. The van der Waals surface area contributed by atoms with Gasteiger partial charge in [-0.3, -0.25) is 28.8 Å². The number of hydrogen-bond acceptors (Lipinski definition) is 18. The van der Waals surface area contributed by atoms with Gasteiger partial charge in [0.15, 0.2) is 12.6 Å². The van der Waals surface area contributed by atoms with Gasteiger partial charge in [-0.05, 0) is 0 Å². The van der Waals surface area contributed by atoms with E-state index in [2.05, 4.69) is 31.9 Å². The van der Waals surface area contributed by atoms with Crippen LogP contribution in [0, 0.1) is 0 Å². The van der Waals surface area contributed by atoms with E-state index in [1.54, 1.807) is 0 Å². The lowest BCUT2D eigenvalue weighted by Crippen LogP contribution is -2.60. The number of aliphatic hydroxyl groups is 8. The molecule has 3 rings (SSSR count). The van der Waals surface area contributed by atoms with Crippen molar-refractivity contribution in [1.29, 1.82) is 0 Å². The quantitative estimate of drug-likeness (QED) is 0.0984. The minimum absolute atomic E-state index is 0.275. The molecule has 24 nitrogen and oxygen atoms in total. The normalized spacial score (nSPS) is 35.7. The van der Waals surface area contributed by atoms with E-state index in [-0.39, 0.29) is 25.9 Å². The van der Waals surface area contributed by atoms with E-state index in [0.717, 1.165) is 0 Å². The molecule has 0 aromatic heterocycles. The molecule has 0 aromatic rings. The Balaban J connectivity index is 1.53. The summed E-state index contributed by atoms with van der Waals surface area (Å²) in [6.07, 6.45) is -16.9. The lowest BCUT2D eigenvalue weighted by atomic mass is 9.99.